The average Bonchev–Trinajstić information content (AvgIpc) is 3.15. The molecule has 0 unspecified atom stereocenters. The van der Waals surface area contributed by atoms with Gasteiger partial charge in [-0.2, -0.15) is 5.26 Å². The molecule has 2 aliphatic rings. The fourth-order valence-electron chi connectivity index (χ4n) is 5.41. The van der Waals surface area contributed by atoms with Crippen LogP contribution in [0.4, 0.5) is 15.8 Å². The van der Waals surface area contributed by atoms with Gasteiger partial charge in [0.05, 0.1) is 16.3 Å². The molecule has 1 amide bonds. The van der Waals surface area contributed by atoms with Crippen molar-refractivity contribution in [2.24, 2.45) is 5.41 Å². The van der Waals surface area contributed by atoms with E-state index < -0.39 is 0 Å². The SMILES string of the molecule is CCCCNC(=O)c1ccc(N2CCC3(CC2)C[C@H](C)N(c2ccc(C#N)c(Cl)c2)C3)c(F)c1. The first-order valence-electron chi connectivity index (χ1n) is 12.1. The third-order valence-electron chi connectivity index (χ3n) is 7.36. The summed E-state index contributed by atoms with van der Waals surface area (Å²) in [7, 11) is 0. The molecule has 2 saturated heterocycles. The first kappa shape index (κ1) is 24.3. The Hall–Kier alpha value is -2.78. The van der Waals surface area contributed by atoms with Crippen molar-refractivity contribution in [3.8, 4) is 6.07 Å². The third-order valence-corrected chi connectivity index (χ3v) is 7.67. The number of anilines is 2. The second-order valence-electron chi connectivity index (χ2n) is 9.72. The number of hydrogen-bond donors (Lipinski definition) is 1. The predicted molar refractivity (Wildman–Crippen MR) is 135 cm³/mol. The summed E-state index contributed by atoms with van der Waals surface area (Å²) in [5.74, 6) is -0.563. The van der Waals surface area contributed by atoms with Crippen molar-refractivity contribution in [3.05, 3.63) is 58.4 Å². The Kier molecular flexibility index (Phi) is 7.33. The Balaban J connectivity index is 1.40. The van der Waals surface area contributed by atoms with Gasteiger partial charge in [-0.15, -0.1) is 0 Å². The fourth-order valence-corrected chi connectivity index (χ4v) is 5.62. The van der Waals surface area contributed by atoms with Crippen molar-refractivity contribution < 1.29 is 9.18 Å². The van der Waals surface area contributed by atoms with Crippen LogP contribution in [0.15, 0.2) is 36.4 Å². The molecule has 0 aliphatic carbocycles. The Morgan fingerprint density at radius 1 is 1.26 bits per heavy atom. The van der Waals surface area contributed by atoms with Crippen molar-refractivity contribution >= 4 is 28.9 Å². The second kappa shape index (κ2) is 10.2. The minimum atomic E-state index is -0.340. The van der Waals surface area contributed by atoms with Crippen LogP contribution in [0.25, 0.3) is 0 Å². The molecule has 1 N–H and O–H groups in total. The minimum absolute atomic E-state index is 0.186. The predicted octanol–water partition coefficient (Wildman–Crippen LogP) is 5.77. The molecule has 0 radical (unpaired) electrons. The van der Waals surface area contributed by atoms with Crippen LogP contribution >= 0.6 is 11.6 Å². The number of nitrogens with one attached hydrogen (secondary N) is 1. The van der Waals surface area contributed by atoms with Gasteiger partial charge in [-0.05, 0) is 74.4 Å². The number of rotatable bonds is 6. The van der Waals surface area contributed by atoms with Crippen LogP contribution in [0.2, 0.25) is 5.02 Å². The van der Waals surface area contributed by atoms with E-state index >= 15 is 0 Å². The van der Waals surface area contributed by atoms with E-state index in [9.17, 15) is 9.18 Å². The van der Waals surface area contributed by atoms with Crippen molar-refractivity contribution in [1.29, 1.82) is 5.26 Å². The number of benzene rings is 2. The molecule has 2 aromatic rings. The Labute approximate surface area is 206 Å². The number of carbonyl (C=O) groups is 1. The van der Waals surface area contributed by atoms with E-state index in [0.717, 1.165) is 57.4 Å². The molecule has 5 nitrogen and oxygen atoms in total. The summed E-state index contributed by atoms with van der Waals surface area (Å²) in [4.78, 5) is 16.7. The second-order valence-corrected chi connectivity index (χ2v) is 10.1. The number of nitrogens with zero attached hydrogens (tertiary/aromatic N) is 3. The third kappa shape index (κ3) is 5.00. The highest BCUT2D eigenvalue weighted by Crippen LogP contribution is 2.46. The quantitative estimate of drug-likeness (QED) is 0.531. The maximum absolute atomic E-state index is 14.9. The summed E-state index contributed by atoms with van der Waals surface area (Å²) >= 11 is 6.28. The zero-order valence-electron chi connectivity index (χ0n) is 19.9. The molecule has 0 saturated carbocycles. The van der Waals surface area contributed by atoms with Crippen LogP contribution in [-0.2, 0) is 0 Å². The Morgan fingerprint density at radius 2 is 2.03 bits per heavy atom. The van der Waals surface area contributed by atoms with Crippen molar-refractivity contribution in [1.82, 2.24) is 5.32 Å². The maximum Gasteiger partial charge on any atom is 0.251 e. The van der Waals surface area contributed by atoms with Gasteiger partial charge in [-0.25, -0.2) is 4.39 Å². The van der Waals surface area contributed by atoms with Crippen molar-refractivity contribution in [2.75, 3.05) is 36.0 Å². The van der Waals surface area contributed by atoms with Crippen LogP contribution in [-0.4, -0.2) is 38.1 Å². The fraction of sp³-hybridized carbons (Fsp3) is 0.481. The summed E-state index contributed by atoms with van der Waals surface area (Å²) in [6.45, 7) is 7.41. The van der Waals surface area contributed by atoms with Gasteiger partial charge >= 0.3 is 0 Å². The molecule has 4 rings (SSSR count). The van der Waals surface area contributed by atoms with Crippen LogP contribution in [0, 0.1) is 22.6 Å². The van der Waals surface area contributed by atoms with E-state index in [1.54, 1.807) is 18.2 Å². The molecule has 2 heterocycles. The lowest BCUT2D eigenvalue weighted by molar-refractivity contribution is 0.0952. The van der Waals surface area contributed by atoms with E-state index in [4.69, 9.17) is 16.9 Å². The average molecular weight is 483 g/mol. The van der Waals surface area contributed by atoms with Gasteiger partial charge < -0.3 is 15.1 Å². The molecule has 0 aromatic heterocycles. The summed E-state index contributed by atoms with van der Waals surface area (Å²) < 4.78 is 14.9. The van der Waals surface area contributed by atoms with E-state index in [-0.39, 0.29) is 17.1 Å². The largest absolute Gasteiger partial charge is 0.369 e. The number of hydrogen-bond acceptors (Lipinski definition) is 4. The molecule has 2 fully saturated rings. The van der Waals surface area contributed by atoms with Gasteiger partial charge in [0.2, 0.25) is 0 Å². The normalized spacial score (nSPS) is 19.3. The summed E-state index contributed by atoms with van der Waals surface area (Å²) in [6.07, 6.45) is 4.96. The molecule has 2 aromatic carbocycles. The van der Waals surface area contributed by atoms with Gasteiger partial charge in [-0.1, -0.05) is 24.9 Å². The maximum atomic E-state index is 14.9. The molecular weight excluding hydrogens is 451 g/mol. The summed E-state index contributed by atoms with van der Waals surface area (Å²) in [6, 6.07) is 13.0. The highest BCUT2D eigenvalue weighted by molar-refractivity contribution is 6.32. The highest BCUT2D eigenvalue weighted by atomic mass is 35.5. The Bertz CT molecular complexity index is 1090. The lowest BCUT2D eigenvalue weighted by atomic mass is 9.76. The molecule has 7 heteroatoms. The van der Waals surface area contributed by atoms with E-state index in [0.29, 0.717) is 34.4 Å². The van der Waals surface area contributed by atoms with E-state index in [1.807, 2.05) is 12.1 Å². The number of piperidine rings is 1. The zero-order valence-corrected chi connectivity index (χ0v) is 20.7. The van der Waals surface area contributed by atoms with Gasteiger partial charge in [0.25, 0.3) is 5.91 Å². The lowest BCUT2D eigenvalue weighted by Crippen LogP contribution is -2.42. The first-order chi connectivity index (χ1) is 16.4. The molecule has 0 bridgehead atoms. The van der Waals surface area contributed by atoms with Gasteiger partial charge in [0.1, 0.15) is 11.9 Å². The van der Waals surface area contributed by atoms with Crippen molar-refractivity contribution in [3.63, 3.8) is 0 Å². The van der Waals surface area contributed by atoms with Gasteiger partial charge in [0, 0.05) is 43.5 Å². The van der Waals surface area contributed by atoms with E-state index in [2.05, 4.69) is 35.0 Å². The molecule has 180 valence electrons. The van der Waals surface area contributed by atoms with Crippen molar-refractivity contribution in [2.45, 2.75) is 52.0 Å². The lowest BCUT2D eigenvalue weighted by Gasteiger charge is -2.40. The zero-order chi connectivity index (χ0) is 24.3. The van der Waals surface area contributed by atoms with Crippen LogP contribution < -0.4 is 15.1 Å². The summed E-state index contributed by atoms with van der Waals surface area (Å²) in [5, 5.41) is 12.5. The highest BCUT2D eigenvalue weighted by Gasteiger charge is 2.44. The molecule has 1 spiro atoms. The summed E-state index contributed by atoms with van der Waals surface area (Å²) in [5.41, 5.74) is 2.67. The smallest absolute Gasteiger partial charge is 0.251 e. The molecule has 34 heavy (non-hydrogen) atoms. The minimum Gasteiger partial charge on any atom is -0.369 e. The molecule has 2 aliphatic heterocycles. The standard InChI is InChI=1S/C27H32ClFN4O/c1-3-4-11-31-26(34)20-6-8-25(24(29)14-20)32-12-9-27(10-13-32)16-19(2)33(18-27)22-7-5-21(17-30)23(28)15-22/h5-8,14-15,19H,3-4,9-13,16,18H2,1-2H3,(H,31,34)/t19-/m0/s1. The number of unbranched alkanes of at least 4 members (excludes halogenated alkanes) is 1. The number of amides is 1. The van der Waals surface area contributed by atoms with Crippen LogP contribution in [0.1, 0.15) is 61.9 Å². The molecular formula is C27H32ClFN4O. The number of nitriles is 1. The monoisotopic (exact) mass is 482 g/mol. The Morgan fingerprint density at radius 3 is 2.68 bits per heavy atom. The first-order valence-corrected chi connectivity index (χ1v) is 12.5. The van der Waals surface area contributed by atoms with Crippen LogP contribution in [0.3, 0.4) is 0 Å². The number of carbonyl (C=O) groups excluding carboxylic acids is 1. The topological polar surface area (TPSA) is 59.4 Å². The van der Waals surface area contributed by atoms with Gasteiger partial charge in [-0.3, -0.25) is 4.79 Å². The number of halogens is 2. The van der Waals surface area contributed by atoms with E-state index in [1.165, 1.54) is 6.07 Å². The molecule has 1 atom stereocenters. The van der Waals surface area contributed by atoms with Crippen LogP contribution in [0.5, 0.6) is 0 Å². The van der Waals surface area contributed by atoms with Gasteiger partial charge in [0.15, 0.2) is 0 Å².